The molecule has 1 unspecified atom stereocenters. The molecular formula is C11H14FNO3. The first-order valence-corrected chi connectivity index (χ1v) is 5.15. The molecule has 0 spiro atoms. The number of nitro groups is 1. The summed E-state index contributed by atoms with van der Waals surface area (Å²) in [4.78, 5) is 9.87. The van der Waals surface area contributed by atoms with E-state index in [1.165, 1.54) is 12.1 Å². The molecule has 1 N–H and O–H groups in total. The number of halogens is 1. The molecule has 0 bridgehead atoms. The summed E-state index contributed by atoms with van der Waals surface area (Å²) in [7, 11) is 0. The molecule has 4 nitrogen and oxygen atoms in total. The quantitative estimate of drug-likeness (QED) is 0.620. The van der Waals surface area contributed by atoms with E-state index in [-0.39, 0.29) is 5.69 Å². The van der Waals surface area contributed by atoms with Crippen LogP contribution in [0.4, 0.5) is 10.1 Å². The number of hydrogen-bond acceptors (Lipinski definition) is 3. The average molecular weight is 227 g/mol. The van der Waals surface area contributed by atoms with E-state index < -0.39 is 16.8 Å². The third-order valence-electron chi connectivity index (χ3n) is 2.39. The van der Waals surface area contributed by atoms with E-state index in [2.05, 4.69) is 0 Å². The maximum Gasteiger partial charge on any atom is 0.272 e. The van der Waals surface area contributed by atoms with Crippen molar-refractivity contribution < 1.29 is 14.4 Å². The summed E-state index contributed by atoms with van der Waals surface area (Å²) in [6.45, 7) is 1.85. The zero-order valence-corrected chi connectivity index (χ0v) is 9.02. The first kappa shape index (κ1) is 12.6. The summed E-state index contributed by atoms with van der Waals surface area (Å²) in [5.41, 5.74) is 0.292. The van der Waals surface area contributed by atoms with Gasteiger partial charge in [0.2, 0.25) is 0 Å². The minimum absolute atomic E-state index is 0.249. The van der Waals surface area contributed by atoms with Gasteiger partial charge in [0, 0.05) is 6.07 Å². The lowest BCUT2D eigenvalue weighted by Crippen LogP contribution is -2.06. The number of non-ortho nitro benzene ring substituents is 1. The zero-order valence-electron chi connectivity index (χ0n) is 9.02. The molecule has 0 aliphatic carbocycles. The van der Waals surface area contributed by atoms with Crippen molar-refractivity contribution in [1.82, 2.24) is 0 Å². The van der Waals surface area contributed by atoms with Crippen LogP contribution in [0, 0.1) is 15.9 Å². The molecular weight excluding hydrogens is 213 g/mol. The Morgan fingerprint density at radius 3 is 2.75 bits per heavy atom. The van der Waals surface area contributed by atoms with Crippen LogP contribution in [-0.4, -0.2) is 16.1 Å². The first-order chi connectivity index (χ1) is 7.52. The molecule has 0 saturated heterocycles. The molecule has 1 atom stereocenters. The molecule has 1 rings (SSSR count). The molecule has 88 valence electrons. The molecule has 1 aromatic rings. The maximum atomic E-state index is 13.0. The number of benzene rings is 1. The van der Waals surface area contributed by atoms with Crippen LogP contribution in [0.5, 0.6) is 0 Å². The number of nitro benzene ring substituents is 1. The van der Waals surface area contributed by atoms with Crippen LogP contribution in [0.2, 0.25) is 0 Å². The zero-order chi connectivity index (χ0) is 12.1. The van der Waals surface area contributed by atoms with Gasteiger partial charge in [-0.2, -0.15) is 0 Å². The summed E-state index contributed by atoms with van der Waals surface area (Å²) in [5, 5.41) is 19.8. The van der Waals surface area contributed by atoms with E-state index in [1.54, 1.807) is 0 Å². The van der Waals surface area contributed by atoms with Crippen LogP contribution in [0.25, 0.3) is 0 Å². The summed E-state index contributed by atoms with van der Waals surface area (Å²) in [6, 6.07) is 3.49. The Morgan fingerprint density at radius 2 is 2.19 bits per heavy atom. The number of hydrogen-bond donors (Lipinski definition) is 1. The highest BCUT2D eigenvalue weighted by Gasteiger charge is 2.10. The monoisotopic (exact) mass is 227 g/mol. The topological polar surface area (TPSA) is 63.4 Å². The average Bonchev–Trinajstić information content (AvgIpc) is 2.25. The third-order valence-corrected chi connectivity index (χ3v) is 2.39. The highest BCUT2D eigenvalue weighted by Crippen LogP contribution is 2.18. The summed E-state index contributed by atoms with van der Waals surface area (Å²) >= 11 is 0. The first-order valence-electron chi connectivity index (χ1n) is 5.15. The molecule has 0 aromatic heterocycles. The van der Waals surface area contributed by atoms with Gasteiger partial charge in [-0.1, -0.05) is 6.92 Å². The lowest BCUT2D eigenvalue weighted by atomic mass is 10.0. The van der Waals surface area contributed by atoms with Crippen molar-refractivity contribution in [2.75, 3.05) is 0 Å². The molecule has 16 heavy (non-hydrogen) atoms. The Hall–Kier alpha value is -1.49. The number of aliphatic hydroxyl groups excluding tert-OH is 1. The van der Waals surface area contributed by atoms with Gasteiger partial charge in [0.05, 0.1) is 17.1 Å². The summed E-state index contributed by atoms with van der Waals surface area (Å²) < 4.78 is 13.0. The molecule has 5 heteroatoms. The van der Waals surface area contributed by atoms with Gasteiger partial charge in [-0.25, -0.2) is 4.39 Å². The van der Waals surface area contributed by atoms with Crippen LogP contribution in [0.1, 0.15) is 25.3 Å². The highest BCUT2D eigenvalue weighted by atomic mass is 19.1. The summed E-state index contributed by atoms with van der Waals surface area (Å²) in [6.07, 6.45) is 1.10. The Morgan fingerprint density at radius 1 is 1.50 bits per heavy atom. The highest BCUT2D eigenvalue weighted by molar-refractivity contribution is 5.35. The van der Waals surface area contributed by atoms with Crippen LogP contribution in [0.3, 0.4) is 0 Å². The van der Waals surface area contributed by atoms with E-state index in [0.29, 0.717) is 24.8 Å². The maximum absolute atomic E-state index is 13.0. The Balaban J connectivity index is 2.76. The number of rotatable bonds is 5. The molecule has 0 saturated carbocycles. The number of aliphatic hydroxyl groups is 1. The van der Waals surface area contributed by atoms with E-state index in [0.717, 1.165) is 6.07 Å². The molecule has 0 amide bonds. The van der Waals surface area contributed by atoms with E-state index in [9.17, 15) is 19.6 Å². The SMILES string of the molecule is CCC(O)CCc1cc(F)cc([N+](=O)[O-])c1. The molecule has 0 heterocycles. The predicted molar refractivity (Wildman–Crippen MR) is 57.7 cm³/mol. The van der Waals surface area contributed by atoms with Crippen LogP contribution in [0.15, 0.2) is 18.2 Å². The van der Waals surface area contributed by atoms with Crippen molar-refractivity contribution in [2.24, 2.45) is 0 Å². The molecule has 1 aromatic carbocycles. The number of aryl methyl sites for hydroxylation is 1. The van der Waals surface area contributed by atoms with Crippen molar-refractivity contribution >= 4 is 5.69 Å². The van der Waals surface area contributed by atoms with Crippen molar-refractivity contribution in [3.05, 3.63) is 39.7 Å². The van der Waals surface area contributed by atoms with Crippen LogP contribution < -0.4 is 0 Å². The van der Waals surface area contributed by atoms with E-state index >= 15 is 0 Å². The van der Waals surface area contributed by atoms with Gasteiger partial charge in [0.25, 0.3) is 5.69 Å². The Kier molecular flexibility index (Phi) is 4.37. The number of nitrogens with zero attached hydrogens (tertiary/aromatic N) is 1. The molecule has 0 radical (unpaired) electrons. The minimum atomic E-state index is -0.622. The molecule has 0 aliphatic rings. The summed E-state index contributed by atoms with van der Waals surface area (Å²) in [5.74, 6) is -0.616. The normalized spacial score (nSPS) is 12.4. The Bertz CT molecular complexity index is 381. The van der Waals surface area contributed by atoms with Crippen molar-refractivity contribution in [1.29, 1.82) is 0 Å². The third kappa shape index (κ3) is 3.58. The molecule has 0 fully saturated rings. The largest absolute Gasteiger partial charge is 0.393 e. The second kappa shape index (κ2) is 5.55. The lowest BCUT2D eigenvalue weighted by molar-refractivity contribution is -0.385. The van der Waals surface area contributed by atoms with Gasteiger partial charge in [-0.3, -0.25) is 10.1 Å². The van der Waals surface area contributed by atoms with Gasteiger partial charge >= 0.3 is 0 Å². The second-order valence-corrected chi connectivity index (χ2v) is 3.68. The predicted octanol–water partition coefficient (Wildman–Crippen LogP) is 2.44. The van der Waals surface area contributed by atoms with Crippen LogP contribution >= 0.6 is 0 Å². The van der Waals surface area contributed by atoms with E-state index in [4.69, 9.17) is 0 Å². The standard InChI is InChI=1S/C11H14FNO3/c1-2-11(14)4-3-8-5-9(12)7-10(6-8)13(15)16/h5-7,11,14H,2-4H2,1H3. The van der Waals surface area contributed by atoms with Gasteiger partial charge in [-0.05, 0) is 30.9 Å². The minimum Gasteiger partial charge on any atom is -0.393 e. The molecule has 0 aliphatic heterocycles. The van der Waals surface area contributed by atoms with Crippen molar-refractivity contribution in [2.45, 2.75) is 32.3 Å². The Labute approximate surface area is 92.9 Å². The van der Waals surface area contributed by atoms with Crippen molar-refractivity contribution in [3.8, 4) is 0 Å². The van der Waals surface area contributed by atoms with Gasteiger partial charge in [0.15, 0.2) is 0 Å². The fraction of sp³-hybridized carbons (Fsp3) is 0.455. The van der Waals surface area contributed by atoms with Crippen LogP contribution in [-0.2, 0) is 6.42 Å². The fourth-order valence-corrected chi connectivity index (χ4v) is 1.42. The van der Waals surface area contributed by atoms with E-state index in [1.807, 2.05) is 6.92 Å². The van der Waals surface area contributed by atoms with Gasteiger partial charge in [0.1, 0.15) is 5.82 Å². The second-order valence-electron chi connectivity index (χ2n) is 3.68. The lowest BCUT2D eigenvalue weighted by Gasteiger charge is -2.07. The van der Waals surface area contributed by atoms with Gasteiger partial charge in [-0.15, -0.1) is 0 Å². The van der Waals surface area contributed by atoms with Crippen molar-refractivity contribution in [3.63, 3.8) is 0 Å². The fourth-order valence-electron chi connectivity index (χ4n) is 1.42. The van der Waals surface area contributed by atoms with Gasteiger partial charge < -0.3 is 5.11 Å². The smallest absolute Gasteiger partial charge is 0.272 e.